The van der Waals surface area contributed by atoms with Gasteiger partial charge in [-0.1, -0.05) is 0 Å². The van der Waals surface area contributed by atoms with Crippen molar-refractivity contribution in [2.45, 2.75) is 6.92 Å². The fourth-order valence-corrected chi connectivity index (χ4v) is 1.93. The minimum Gasteiger partial charge on any atom is -0.493 e. The van der Waals surface area contributed by atoms with Gasteiger partial charge in [-0.2, -0.15) is 0 Å². The summed E-state index contributed by atoms with van der Waals surface area (Å²) in [6.07, 6.45) is 0. The standard InChI is InChI=1S/C13H18N2O3/c1-2-18-12-4-3-10(14)9-11(12)13(16)15-5-7-17-8-6-15/h3-4,9H,2,5-8,14H2,1H3. The van der Waals surface area contributed by atoms with Crippen LogP contribution in [0, 0.1) is 0 Å². The number of ether oxygens (including phenoxy) is 2. The zero-order valence-electron chi connectivity index (χ0n) is 10.5. The van der Waals surface area contributed by atoms with Gasteiger partial charge in [0.05, 0.1) is 25.4 Å². The van der Waals surface area contributed by atoms with Gasteiger partial charge < -0.3 is 20.1 Å². The summed E-state index contributed by atoms with van der Waals surface area (Å²) in [5, 5.41) is 0. The van der Waals surface area contributed by atoms with Crippen LogP contribution in [0.4, 0.5) is 5.69 Å². The average molecular weight is 250 g/mol. The average Bonchev–Trinajstić information content (AvgIpc) is 2.41. The van der Waals surface area contributed by atoms with E-state index in [1.165, 1.54) is 0 Å². The Bertz CT molecular complexity index is 428. The van der Waals surface area contributed by atoms with Crippen LogP contribution in [-0.4, -0.2) is 43.7 Å². The molecule has 0 bridgehead atoms. The van der Waals surface area contributed by atoms with Crippen LogP contribution in [0.15, 0.2) is 18.2 Å². The molecule has 5 heteroatoms. The smallest absolute Gasteiger partial charge is 0.257 e. The normalized spacial score (nSPS) is 15.5. The third-order valence-electron chi connectivity index (χ3n) is 2.83. The third-order valence-corrected chi connectivity index (χ3v) is 2.83. The second kappa shape index (κ2) is 5.73. The van der Waals surface area contributed by atoms with Gasteiger partial charge in [-0.3, -0.25) is 4.79 Å². The van der Waals surface area contributed by atoms with Crippen LogP contribution in [0.3, 0.4) is 0 Å². The van der Waals surface area contributed by atoms with Gasteiger partial charge in [0.1, 0.15) is 5.75 Å². The largest absolute Gasteiger partial charge is 0.493 e. The Hall–Kier alpha value is -1.75. The molecule has 5 nitrogen and oxygen atoms in total. The number of carbonyl (C=O) groups excluding carboxylic acids is 1. The second-order valence-corrected chi connectivity index (χ2v) is 4.09. The van der Waals surface area contributed by atoms with Crippen molar-refractivity contribution in [2.75, 3.05) is 38.6 Å². The first kappa shape index (κ1) is 12.7. The van der Waals surface area contributed by atoms with Crippen LogP contribution in [0.2, 0.25) is 0 Å². The molecule has 1 aromatic carbocycles. The molecule has 1 aliphatic rings. The van der Waals surface area contributed by atoms with E-state index in [0.717, 1.165) is 0 Å². The molecule has 2 rings (SSSR count). The van der Waals surface area contributed by atoms with Crippen LogP contribution >= 0.6 is 0 Å². The number of rotatable bonds is 3. The van der Waals surface area contributed by atoms with Crippen molar-refractivity contribution in [3.8, 4) is 5.75 Å². The molecule has 1 aliphatic heterocycles. The zero-order valence-corrected chi connectivity index (χ0v) is 10.5. The summed E-state index contributed by atoms with van der Waals surface area (Å²) in [4.78, 5) is 14.1. The van der Waals surface area contributed by atoms with E-state index in [0.29, 0.717) is 49.9 Å². The fraction of sp³-hybridized carbons (Fsp3) is 0.462. The molecule has 0 atom stereocenters. The zero-order chi connectivity index (χ0) is 13.0. The van der Waals surface area contributed by atoms with E-state index in [1.807, 2.05) is 6.92 Å². The Morgan fingerprint density at radius 2 is 2.17 bits per heavy atom. The summed E-state index contributed by atoms with van der Waals surface area (Å²) in [7, 11) is 0. The molecule has 0 aromatic heterocycles. The van der Waals surface area contributed by atoms with E-state index < -0.39 is 0 Å². The van der Waals surface area contributed by atoms with E-state index in [-0.39, 0.29) is 5.91 Å². The Kier molecular flexibility index (Phi) is 4.04. The molecule has 0 spiro atoms. The molecule has 18 heavy (non-hydrogen) atoms. The SMILES string of the molecule is CCOc1ccc(N)cc1C(=O)N1CCOCC1. The Labute approximate surface area is 106 Å². The number of hydrogen-bond acceptors (Lipinski definition) is 4. The van der Waals surface area contributed by atoms with E-state index >= 15 is 0 Å². The number of hydrogen-bond donors (Lipinski definition) is 1. The van der Waals surface area contributed by atoms with E-state index in [9.17, 15) is 4.79 Å². The van der Waals surface area contributed by atoms with Crippen molar-refractivity contribution in [2.24, 2.45) is 0 Å². The van der Waals surface area contributed by atoms with Gasteiger partial charge in [0.15, 0.2) is 0 Å². The van der Waals surface area contributed by atoms with Crippen molar-refractivity contribution in [1.82, 2.24) is 4.90 Å². The predicted molar refractivity (Wildman–Crippen MR) is 68.7 cm³/mol. The monoisotopic (exact) mass is 250 g/mol. The number of anilines is 1. The highest BCUT2D eigenvalue weighted by Gasteiger charge is 2.21. The quantitative estimate of drug-likeness (QED) is 0.817. The predicted octanol–water partition coefficient (Wildman–Crippen LogP) is 1.14. The molecule has 1 aromatic rings. The molecule has 1 saturated heterocycles. The number of nitrogen functional groups attached to an aromatic ring is 1. The molecule has 2 N–H and O–H groups in total. The maximum Gasteiger partial charge on any atom is 0.257 e. The number of benzene rings is 1. The Morgan fingerprint density at radius 1 is 1.44 bits per heavy atom. The minimum atomic E-state index is -0.0472. The molecule has 1 fully saturated rings. The topological polar surface area (TPSA) is 64.8 Å². The molecule has 1 amide bonds. The summed E-state index contributed by atoms with van der Waals surface area (Å²) in [6, 6.07) is 5.15. The molecule has 0 aliphatic carbocycles. The van der Waals surface area contributed by atoms with Gasteiger partial charge in [-0.05, 0) is 25.1 Å². The third kappa shape index (κ3) is 2.73. The highest BCUT2D eigenvalue weighted by Crippen LogP contribution is 2.23. The van der Waals surface area contributed by atoms with Crippen molar-refractivity contribution in [3.05, 3.63) is 23.8 Å². The highest BCUT2D eigenvalue weighted by atomic mass is 16.5. The van der Waals surface area contributed by atoms with Gasteiger partial charge in [0, 0.05) is 18.8 Å². The van der Waals surface area contributed by atoms with Gasteiger partial charge >= 0.3 is 0 Å². The van der Waals surface area contributed by atoms with Crippen LogP contribution in [0.1, 0.15) is 17.3 Å². The van der Waals surface area contributed by atoms with Crippen molar-refractivity contribution in [1.29, 1.82) is 0 Å². The summed E-state index contributed by atoms with van der Waals surface area (Å²) < 4.78 is 10.7. The highest BCUT2D eigenvalue weighted by molar-refractivity contribution is 5.97. The van der Waals surface area contributed by atoms with Crippen LogP contribution < -0.4 is 10.5 Å². The molecular formula is C13H18N2O3. The van der Waals surface area contributed by atoms with E-state index in [4.69, 9.17) is 15.2 Å². The summed E-state index contributed by atoms with van der Waals surface area (Å²) >= 11 is 0. The Morgan fingerprint density at radius 3 is 2.83 bits per heavy atom. The van der Waals surface area contributed by atoms with Gasteiger partial charge in [-0.25, -0.2) is 0 Å². The summed E-state index contributed by atoms with van der Waals surface area (Å²) in [5.41, 5.74) is 6.83. The minimum absolute atomic E-state index is 0.0472. The molecule has 1 heterocycles. The maximum atomic E-state index is 12.4. The van der Waals surface area contributed by atoms with Crippen molar-refractivity contribution in [3.63, 3.8) is 0 Å². The summed E-state index contributed by atoms with van der Waals surface area (Å²) in [5.74, 6) is 0.539. The van der Waals surface area contributed by atoms with Crippen LogP contribution in [0.5, 0.6) is 5.75 Å². The van der Waals surface area contributed by atoms with E-state index in [1.54, 1.807) is 23.1 Å². The van der Waals surface area contributed by atoms with Crippen LogP contribution in [0.25, 0.3) is 0 Å². The first-order chi connectivity index (χ1) is 8.72. The first-order valence-corrected chi connectivity index (χ1v) is 6.11. The Balaban J connectivity index is 2.24. The molecule has 98 valence electrons. The van der Waals surface area contributed by atoms with Gasteiger partial charge in [-0.15, -0.1) is 0 Å². The maximum absolute atomic E-state index is 12.4. The number of nitrogens with zero attached hydrogens (tertiary/aromatic N) is 1. The number of morpholine rings is 1. The van der Waals surface area contributed by atoms with Crippen molar-refractivity contribution < 1.29 is 14.3 Å². The van der Waals surface area contributed by atoms with Gasteiger partial charge in [0.25, 0.3) is 5.91 Å². The molecule has 0 saturated carbocycles. The fourth-order valence-electron chi connectivity index (χ4n) is 1.93. The number of amides is 1. The lowest BCUT2D eigenvalue weighted by molar-refractivity contribution is 0.0300. The lowest BCUT2D eigenvalue weighted by Crippen LogP contribution is -2.40. The van der Waals surface area contributed by atoms with E-state index in [2.05, 4.69) is 0 Å². The first-order valence-electron chi connectivity index (χ1n) is 6.11. The number of carbonyl (C=O) groups is 1. The van der Waals surface area contributed by atoms with Crippen LogP contribution in [-0.2, 0) is 4.74 Å². The molecule has 0 unspecified atom stereocenters. The van der Waals surface area contributed by atoms with Gasteiger partial charge in [0.2, 0.25) is 0 Å². The molecular weight excluding hydrogens is 232 g/mol. The second-order valence-electron chi connectivity index (χ2n) is 4.09. The summed E-state index contributed by atoms with van der Waals surface area (Å²) in [6.45, 7) is 4.79. The lowest BCUT2D eigenvalue weighted by Gasteiger charge is -2.27. The number of nitrogens with two attached hydrogens (primary N) is 1. The molecule has 0 radical (unpaired) electrons. The van der Waals surface area contributed by atoms with Crippen molar-refractivity contribution >= 4 is 11.6 Å². The lowest BCUT2D eigenvalue weighted by atomic mass is 10.1.